The van der Waals surface area contributed by atoms with Gasteiger partial charge in [0.25, 0.3) is 0 Å². The molecule has 3 heteroatoms. The minimum Gasteiger partial charge on any atom is -0.494 e. The van der Waals surface area contributed by atoms with Crippen LogP contribution in [0.4, 0.5) is 4.39 Å². The number of benzene rings is 2. The van der Waals surface area contributed by atoms with Crippen LogP contribution in [-0.2, 0) is 0 Å². The molecule has 0 saturated carbocycles. The predicted molar refractivity (Wildman–Crippen MR) is 68.1 cm³/mol. The van der Waals surface area contributed by atoms with Crippen molar-refractivity contribution in [3.8, 4) is 5.75 Å². The van der Waals surface area contributed by atoms with Crippen LogP contribution in [0.1, 0.15) is 24.2 Å². The van der Waals surface area contributed by atoms with Crippen molar-refractivity contribution in [1.82, 2.24) is 0 Å². The van der Waals surface area contributed by atoms with Gasteiger partial charge in [-0.25, -0.2) is 4.39 Å². The molecule has 0 aliphatic heterocycles. The number of halogens is 1. The Morgan fingerprint density at radius 1 is 1.00 bits per heavy atom. The number of hydrogen-bond donors (Lipinski definition) is 1. The molecule has 2 aromatic carbocycles. The molecule has 0 saturated heterocycles. The summed E-state index contributed by atoms with van der Waals surface area (Å²) in [6.07, 6.45) is -0.749. The van der Waals surface area contributed by atoms with Gasteiger partial charge in [0.2, 0.25) is 0 Å². The fourth-order valence-electron chi connectivity index (χ4n) is 1.75. The average molecular weight is 246 g/mol. The summed E-state index contributed by atoms with van der Waals surface area (Å²) in [5.41, 5.74) is 1.42. The van der Waals surface area contributed by atoms with Crippen LogP contribution in [-0.4, -0.2) is 11.7 Å². The van der Waals surface area contributed by atoms with E-state index in [1.807, 2.05) is 19.1 Å². The van der Waals surface area contributed by atoms with E-state index >= 15 is 0 Å². The number of aliphatic hydroxyl groups is 1. The highest BCUT2D eigenvalue weighted by Gasteiger charge is 2.10. The lowest BCUT2D eigenvalue weighted by Gasteiger charge is -2.12. The number of ether oxygens (including phenoxy) is 1. The van der Waals surface area contributed by atoms with E-state index in [9.17, 15) is 9.50 Å². The lowest BCUT2D eigenvalue weighted by molar-refractivity contribution is 0.220. The van der Waals surface area contributed by atoms with Crippen molar-refractivity contribution in [2.75, 3.05) is 6.61 Å². The fourth-order valence-corrected chi connectivity index (χ4v) is 1.75. The maximum atomic E-state index is 12.8. The Morgan fingerprint density at radius 2 is 1.50 bits per heavy atom. The lowest BCUT2D eigenvalue weighted by Crippen LogP contribution is -2.00. The summed E-state index contributed by atoms with van der Waals surface area (Å²) in [6.45, 7) is 2.53. The van der Waals surface area contributed by atoms with Gasteiger partial charge < -0.3 is 9.84 Å². The van der Waals surface area contributed by atoms with Crippen LogP contribution in [0.5, 0.6) is 5.75 Å². The van der Waals surface area contributed by atoms with Crippen LogP contribution in [0.25, 0.3) is 0 Å². The van der Waals surface area contributed by atoms with E-state index in [2.05, 4.69) is 0 Å². The van der Waals surface area contributed by atoms with Crippen LogP contribution in [0, 0.1) is 5.82 Å². The van der Waals surface area contributed by atoms with Gasteiger partial charge in [-0.15, -0.1) is 0 Å². The van der Waals surface area contributed by atoms with E-state index in [0.29, 0.717) is 12.2 Å². The molecule has 1 N–H and O–H groups in total. The first-order valence-corrected chi connectivity index (χ1v) is 5.87. The molecule has 0 aliphatic rings. The van der Waals surface area contributed by atoms with Crippen LogP contribution in [0.3, 0.4) is 0 Å². The SMILES string of the molecule is CCOc1ccc([C@@H](O)c2ccc(F)cc2)cc1. The molecular formula is C15H15FO2. The van der Waals surface area contributed by atoms with Crippen LogP contribution < -0.4 is 4.74 Å². The Labute approximate surface area is 106 Å². The third-order valence-electron chi connectivity index (χ3n) is 2.69. The molecule has 0 aromatic heterocycles. The molecule has 0 bridgehead atoms. The second-order valence-electron chi connectivity index (χ2n) is 3.96. The largest absolute Gasteiger partial charge is 0.494 e. The average Bonchev–Trinajstić information content (AvgIpc) is 2.40. The monoisotopic (exact) mass is 246 g/mol. The van der Waals surface area contributed by atoms with Gasteiger partial charge in [0.05, 0.1) is 6.61 Å². The molecule has 0 spiro atoms. The van der Waals surface area contributed by atoms with Crippen LogP contribution in [0.15, 0.2) is 48.5 Å². The van der Waals surface area contributed by atoms with E-state index in [-0.39, 0.29) is 5.82 Å². The number of rotatable bonds is 4. The standard InChI is InChI=1S/C15H15FO2/c1-2-18-14-9-5-12(6-10-14)15(17)11-3-7-13(16)8-4-11/h3-10,15,17H,2H2,1H3/t15-/m0/s1. The Morgan fingerprint density at radius 3 is 2.00 bits per heavy atom. The van der Waals surface area contributed by atoms with Gasteiger partial charge in [-0.1, -0.05) is 24.3 Å². The molecule has 1 atom stereocenters. The summed E-state index contributed by atoms with van der Waals surface area (Å²) >= 11 is 0. The normalized spacial score (nSPS) is 12.2. The van der Waals surface area contributed by atoms with Gasteiger partial charge in [-0.3, -0.25) is 0 Å². The molecule has 0 heterocycles. The van der Waals surface area contributed by atoms with Crippen molar-refractivity contribution in [2.45, 2.75) is 13.0 Å². The predicted octanol–water partition coefficient (Wildman–Crippen LogP) is 3.31. The first kappa shape index (κ1) is 12.6. The van der Waals surface area contributed by atoms with E-state index in [1.165, 1.54) is 12.1 Å². The summed E-state index contributed by atoms with van der Waals surface area (Å²) in [5.74, 6) is 0.463. The second-order valence-corrected chi connectivity index (χ2v) is 3.96. The molecule has 2 aromatic rings. The fraction of sp³-hybridized carbons (Fsp3) is 0.200. The quantitative estimate of drug-likeness (QED) is 0.896. The first-order chi connectivity index (χ1) is 8.70. The summed E-state index contributed by atoms with van der Waals surface area (Å²) < 4.78 is 18.1. The van der Waals surface area contributed by atoms with E-state index in [4.69, 9.17) is 4.74 Å². The summed E-state index contributed by atoms with van der Waals surface area (Å²) in [6, 6.07) is 13.1. The smallest absolute Gasteiger partial charge is 0.123 e. The Hall–Kier alpha value is -1.87. The molecule has 18 heavy (non-hydrogen) atoms. The zero-order chi connectivity index (χ0) is 13.0. The minimum absolute atomic E-state index is 0.308. The van der Waals surface area contributed by atoms with E-state index in [1.54, 1.807) is 24.3 Å². The summed E-state index contributed by atoms with van der Waals surface area (Å²) in [4.78, 5) is 0. The van der Waals surface area contributed by atoms with Gasteiger partial charge >= 0.3 is 0 Å². The highest BCUT2D eigenvalue weighted by Crippen LogP contribution is 2.24. The molecule has 0 radical (unpaired) electrons. The summed E-state index contributed by atoms with van der Waals surface area (Å²) in [5, 5.41) is 10.1. The second kappa shape index (κ2) is 5.65. The van der Waals surface area contributed by atoms with E-state index in [0.717, 1.165) is 11.3 Å². The van der Waals surface area contributed by atoms with Gasteiger partial charge in [0.15, 0.2) is 0 Å². The Kier molecular flexibility index (Phi) is 3.95. The molecule has 0 fully saturated rings. The van der Waals surface area contributed by atoms with Gasteiger partial charge in [0, 0.05) is 0 Å². The lowest BCUT2D eigenvalue weighted by atomic mass is 10.0. The molecular weight excluding hydrogens is 231 g/mol. The number of hydrogen-bond acceptors (Lipinski definition) is 2. The van der Waals surface area contributed by atoms with Crippen molar-refractivity contribution < 1.29 is 14.2 Å². The first-order valence-electron chi connectivity index (χ1n) is 5.87. The zero-order valence-electron chi connectivity index (χ0n) is 10.1. The van der Waals surface area contributed by atoms with Crippen molar-refractivity contribution >= 4 is 0 Å². The van der Waals surface area contributed by atoms with Crippen molar-refractivity contribution in [2.24, 2.45) is 0 Å². The maximum absolute atomic E-state index is 12.8. The molecule has 2 rings (SSSR count). The minimum atomic E-state index is -0.749. The topological polar surface area (TPSA) is 29.5 Å². The molecule has 0 aliphatic carbocycles. The van der Waals surface area contributed by atoms with Crippen molar-refractivity contribution in [3.05, 3.63) is 65.5 Å². The maximum Gasteiger partial charge on any atom is 0.123 e. The highest BCUT2D eigenvalue weighted by atomic mass is 19.1. The highest BCUT2D eigenvalue weighted by molar-refractivity contribution is 5.34. The van der Waals surface area contributed by atoms with Gasteiger partial charge in [-0.05, 0) is 42.3 Å². The Bertz CT molecular complexity index is 491. The number of aliphatic hydroxyl groups excluding tert-OH is 1. The van der Waals surface area contributed by atoms with Crippen molar-refractivity contribution in [1.29, 1.82) is 0 Å². The molecule has 0 amide bonds. The van der Waals surface area contributed by atoms with Crippen LogP contribution in [0.2, 0.25) is 0 Å². The van der Waals surface area contributed by atoms with Gasteiger partial charge in [-0.2, -0.15) is 0 Å². The molecule has 94 valence electrons. The van der Waals surface area contributed by atoms with E-state index < -0.39 is 6.10 Å². The van der Waals surface area contributed by atoms with Gasteiger partial charge in [0.1, 0.15) is 17.7 Å². The van der Waals surface area contributed by atoms with Crippen LogP contribution >= 0.6 is 0 Å². The zero-order valence-corrected chi connectivity index (χ0v) is 10.1. The third kappa shape index (κ3) is 2.87. The molecule has 0 unspecified atom stereocenters. The third-order valence-corrected chi connectivity index (χ3v) is 2.69. The van der Waals surface area contributed by atoms with Crippen molar-refractivity contribution in [3.63, 3.8) is 0 Å². The Balaban J connectivity index is 2.17. The summed E-state index contributed by atoms with van der Waals surface area (Å²) in [7, 11) is 0. The molecule has 2 nitrogen and oxygen atoms in total.